The normalized spacial score (nSPS) is 11.6. The number of hydrogen-bond donors (Lipinski definition) is 0. The zero-order valence-corrected chi connectivity index (χ0v) is 18.9. The number of halogens is 1. The molecular formula is C28H27FN2O. The smallest absolute Gasteiger partial charge is 0.142 e. The van der Waals surface area contributed by atoms with Gasteiger partial charge in [-0.05, 0) is 81.3 Å². The highest BCUT2D eigenvalue weighted by atomic mass is 19.1. The Hall–Kier alpha value is -3.66. The Bertz CT molecular complexity index is 1230. The molecule has 0 unspecified atom stereocenters. The minimum Gasteiger partial charge on any atom is -0.391 e. The minimum absolute atomic E-state index is 0.249. The number of oxime groups is 1. The first-order valence-corrected chi connectivity index (χ1v) is 10.7. The third-order valence-corrected chi connectivity index (χ3v) is 5.62. The molecular weight excluding hydrogens is 399 g/mol. The van der Waals surface area contributed by atoms with Gasteiger partial charge in [-0.15, -0.1) is 0 Å². The number of nitrogens with zero attached hydrogens (tertiary/aromatic N) is 2. The van der Waals surface area contributed by atoms with Crippen molar-refractivity contribution < 1.29 is 9.23 Å². The maximum absolute atomic E-state index is 13.5. The number of hydrogen-bond acceptors (Lipinski definition) is 2. The molecule has 4 rings (SSSR count). The molecule has 0 spiro atoms. The van der Waals surface area contributed by atoms with Crippen molar-refractivity contribution in [1.29, 1.82) is 0 Å². The summed E-state index contributed by atoms with van der Waals surface area (Å²) in [5, 5.41) is 4.39. The molecule has 0 aliphatic carbocycles. The molecule has 3 nitrogen and oxygen atoms in total. The fourth-order valence-electron chi connectivity index (χ4n) is 3.77. The van der Waals surface area contributed by atoms with E-state index in [1.807, 2.05) is 19.1 Å². The largest absolute Gasteiger partial charge is 0.391 e. The molecule has 0 amide bonds. The van der Waals surface area contributed by atoms with E-state index < -0.39 is 0 Å². The Morgan fingerprint density at radius 2 is 1.44 bits per heavy atom. The summed E-state index contributed by atoms with van der Waals surface area (Å²) < 4.78 is 15.7. The van der Waals surface area contributed by atoms with Gasteiger partial charge >= 0.3 is 0 Å². The van der Waals surface area contributed by atoms with Crippen molar-refractivity contribution in [2.24, 2.45) is 5.16 Å². The van der Waals surface area contributed by atoms with Gasteiger partial charge in [0, 0.05) is 16.9 Å². The third-order valence-electron chi connectivity index (χ3n) is 5.62. The van der Waals surface area contributed by atoms with Crippen molar-refractivity contribution in [3.8, 4) is 16.9 Å². The van der Waals surface area contributed by atoms with Gasteiger partial charge in [0.1, 0.15) is 12.4 Å². The summed E-state index contributed by atoms with van der Waals surface area (Å²) >= 11 is 0. The predicted octanol–water partition coefficient (Wildman–Crippen LogP) is 7.15. The lowest BCUT2D eigenvalue weighted by Crippen LogP contribution is -2.02. The number of rotatable bonds is 6. The van der Waals surface area contributed by atoms with Crippen LogP contribution in [0.15, 0.2) is 84.0 Å². The van der Waals surface area contributed by atoms with Gasteiger partial charge in [0.25, 0.3) is 0 Å². The summed E-state index contributed by atoms with van der Waals surface area (Å²) in [7, 11) is 0. The molecule has 0 N–H and O–H groups in total. The van der Waals surface area contributed by atoms with Crippen molar-refractivity contribution >= 4 is 5.71 Å². The lowest BCUT2D eigenvalue weighted by atomic mass is 10.1. The maximum atomic E-state index is 13.5. The van der Waals surface area contributed by atoms with E-state index in [0.29, 0.717) is 6.61 Å². The van der Waals surface area contributed by atoms with Crippen LogP contribution in [-0.2, 0) is 11.4 Å². The average Bonchev–Trinajstić information content (AvgIpc) is 3.13. The van der Waals surface area contributed by atoms with Crippen molar-refractivity contribution in [2.75, 3.05) is 0 Å². The summed E-state index contributed by atoms with van der Waals surface area (Å²) in [6, 6.07) is 25.3. The van der Waals surface area contributed by atoms with E-state index in [-0.39, 0.29) is 5.82 Å². The lowest BCUT2D eigenvalue weighted by molar-refractivity contribution is 0.130. The molecule has 162 valence electrons. The molecule has 4 aromatic rings. The van der Waals surface area contributed by atoms with Gasteiger partial charge in [0.05, 0.1) is 11.4 Å². The first-order chi connectivity index (χ1) is 15.4. The van der Waals surface area contributed by atoms with Crippen LogP contribution in [0.3, 0.4) is 0 Å². The third kappa shape index (κ3) is 4.65. The second-order valence-corrected chi connectivity index (χ2v) is 8.14. The van der Waals surface area contributed by atoms with Gasteiger partial charge in [0.2, 0.25) is 0 Å². The van der Waals surface area contributed by atoms with E-state index in [1.54, 1.807) is 12.1 Å². The van der Waals surface area contributed by atoms with Gasteiger partial charge in [-0.25, -0.2) is 4.39 Å². The molecule has 0 saturated heterocycles. The van der Waals surface area contributed by atoms with Crippen LogP contribution in [-0.4, -0.2) is 10.3 Å². The maximum Gasteiger partial charge on any atom is 0.142 e. The van der Waals surface area contributed by atoms with Crippen molar-refractivity contribution in [3.63, 3.8) is 0 Å². The molecule has 4 heteroatoms. The molecule has 0 radical (unpaired) electrons. The van der Waals surface area contributed by atoms with Crippen LogP contribution in [0.4, 0.5) is 4.39 Å². The summed E-state index contributed by atoms with van der Waals surface area (Å²) in [6.07, 6.45) is 0. The summed E-state index contributed by atoms with van der Waals surface area (Å²) in [6.45, 7) is 8.57. The van der Waals surface area contributed by atoms with Crippen LogP contribution < -0.4 is 0 Å². The Balaban J connectivity index is 1.70. The highest BCUT2D eigenvalue weighted by Gasteiger charge is 2.17. The highest BCUT2D eigenvalue weighted by molar-refractivity contribution is 6.01. The molecule has 3 aromatic carbocycles. The average molecular weight is 427 g/mol. The molecule has 0 aliphatic rings. The molecule has 0 atom stereocenters. The van der Waals surface area contributed by atoms with E-state index in [4.69, 9.17) is 4.84 Å². The Morgan fingerprint density at radius 3 is 2.06 bits per heavy atom. The monoisotopic (exact) mass is 426 g/mol. The molecule has 0 aliphatic heterocycles. The van der Waals surface area contributed by atoms with Gasteiger partial charge in [-0.2, -0.15) is 0 Å². The summed E-state index contributed by atoms with van der Waals surface area (Å²) in [5.41, 5.74) is 9.30. The first kappa shape index (κ1) is 21.6. The van der Waals surface area contributed by atoms with Crippen LogP contribution in [0.5, 0.6) is 0 Å². The number of aryl methyl sites for hydroxylation is 2. The van der Waals surface area contributed by atoms with Crippen LogP contribution in [0.2, 0.25) is 0 Å². The van der Waals surface area contributed by atoms with Crippen LogP contribution in [0.25, 0.3) is 16.9 Å². The summed E-state index contributed by atoms with van der Waals surface area (Å²) in [5.74, 6) is -0.249. The molecule has 32 heavy (non-hydrogen) atoms. The van der Waals surface area contributed by atoms with Gasteiger partial charge < -0.3 is 9.40 Å². The Kier molecular flexibility index (Phi) is 6.22. The van der Waals surface area contributed by atoms with E-state index >= 15 is 0 Å². The van der Waals surface area contributed by atoms with E-state index in [9.17, 15) is 4.39 Å². The predicted molar refractivity (Wildman–Crippen MR) is 129 cm³/mol. The second kappa shape index (κ2) is 9.23. The molecule has 1 aromatic heterocycles. The Labute approximate surface area is 188 Å². The minimum atomic E-state index is -0.249. The van der Waals surface area contributed by atoms with E-state index in [2.05, 4.69) is 73.0 Å². The molecule has 1 heterocycles. The van der Waals surface area contributed by atoms with E-state index in [0.717, 1.165) is 39.5 Å². The number of aromatic nitrogens is 1. The van der Waals surface area contributed by atoms with Crippen LogP contribution in [0.1, 0.15) is 34.9 Å². The lowest BCUT2D eigenvalue weighted by Gasteiger charge is -2.13. The first-order valence-electron chi connectivity index (χ1n) is 10.7. The van der Waals surface area contributed by atoms with Crippen molar-refractivity contribution in [2.45, 2.75) is 34.3 Å². The highest BCUT2D eigenvalue weighted by Crippen LogP contribution is 2.30. The molecule has 0 fully saturated rings. The van der Waals surface area contributed by atoms with Crippen molar-refractivity contribution in [1.82, 2.24) is 4.57 Å². The van der Waals surface area contributed by atoms with Gasteiger partial charge in [-0.1, -0.05) is 52.7 Å². The fourth-order valence-corrected chi connectivity index (χ4v) is 3.77. The standard InChI is InChI=1S/C28H27FN2O/c1-19-5-9-23(10-6-19)18-32-30-21(3)27-17-28(24-11-13-25(29)14-12-24)31(22(27)4)26-15-7-20(2)8-16-26/h5-17H,18H2,1-4H3/b30-21-. The molecule has 0 bridgehead atoms. The fraction of sp³-hybridized carbons (Fsp3) is 0.179. The SMILES string of the molecule is C/C(=N/OCc1ccc(C)cc1)c1cc(-c2ccc(F)cc2)n(-c2ccc(C)cc2)c1C. The van der Waals surface area contributed by atoms with Crippen LogP contribution in [0, 0.1) is 26.6 Å². The quantitative estimate of drug-likeness (QED) is 0.237. The van der Waals surface area contributed by atoms with E-state index in [1.165, 1.54) is 23.3 Å². The second-order valence-electron chi connectivity index (χ2n) is 8.14. The van der Waals surface area contributed by atoms with Crippen molar-refractivity contribution in [3.05, 3.63) is 113 Å². The van der Waals surface area contributed by atoms with Crippen LogP contribution >= 0.6 is 0 Å². The zero-order chi connectivity index (χ0) is 22.7. The number of benzene rings is 3. The summed E-state index contributed by atoms with van der Waals surface area (Å²) in [4.78, 5) is 5.65. The topological polar surface area (TPSA) is 26.5 Å². The molecule has 0 saturated carbocycles. The Morgan fingerprint density at radius 1 is 0.844 bits per heavy atom. The van der Waals surface area contributed by atoms with Gasteiger partial charge in [0.15, 0.2) is 0 Å². The zero-order valence-electron chi connectivity index (χ0n) is 18.9. The van der Waals surface area contributed by atoms with Gasteiger partial charge in [-0.3, -0.25) is 0 Å².